The van der Waals surface area contributed by atoms with E-state index in [1.165, 1.54) is 6.07 Å². The van der Waals surface area contributed by atoms with Gasteiger partial charge in [-0.25, -0.2) is 4.39 Å². The molecule has 2 aromatic rings. The highest BCUT2D eigenvalue weighted by atomic mass is 35.5. The molecular weight excluding hydrogens is 456 g/mol. The van der Waals surface area contributed by atoms with E-state index >= 15 is 0 Å². The molecule has 1 unspecified atom stereocenters. The van der Waals surface area contributed by atoms with Crippen molar-refractivity contribution in [3.8, 4) is 0 Å². The molecular formula is C28H30Cl2FNO. The molecule has 2 aliphatic rings. The Morgan fingerprint density at radius 1 is 1.15 bits per heavy atom. The molecule has 2 saturated heterocycles. The quantitative estimate of drug-likeness (QED) is 0.414. The number of benzene rings is 2. The van der Waals surface area contributed by atoms with Crippen LogP contribution in [-0.4, -0.2) is 30.1 Å². The van der Waals surface area contributed by atoms with E-state index in [9.17, 15) is 4.39 Å². The summed E-state index contributed by atoms with van der Waals surface area (Å²) in [5.74, 6) is -0.177. The van der Waals surface area contributed by atoms with E-state index in [0.29, 0.717) is 10.0 Å². The minimum absolute atomic E-state index is 0.177. The number of ether oxygens (including phenoxy) is 1. The monoisotopic (exact) mass is 485 g/mol. The van der Waals surface area contributed by atoms with Crippen molar-refractivity contribution in [1.29, 1.82) is 0 Å². The third-order valence-electron chi connectivity index (χ3n) is 6.63. The molecule has 2 heterocycles. The maximum absolute atomic E-state index is 13.5. The standard InChI is InChI=1S/C28H30Cl2FNO/c1-3-4-5-9-26-20(2)28(33-27(26)22-17-23(29)19-24(30)18-22)11-14-32(15-12-28)13-10-21-7-6-8-25(31)16-21/h4-9,16-19,27H,2-3,10-15H2,1H3. The summed E-state index contributed by atoms with van der Waals surface area (Å²) in [5, 5.41) is 1.20. The normalized spacial score (nSPS) is 22.1. The van der Waals surface area contributed by atoms with Gasteiger partial charge in [-0.1, -0.05) is 67.1 Å². The molecule has 0 aliphatic carbocycles. The molecule has 0 radical (unpaired) electrons. The van der Waals surface area contributed by atoms with Gasteiger partial charge in [0.1, 0.15) is 11.9 Å². The number of halogens is 3. The third-order valence-corrected chi connectivity index (χ3v) is 7.07. The van der Waals surface area contributed by atoms with Crippen LogP contribution in [0.15, 0.2) is 78.4 Å². The molecule has 0 aromatic heterocycles. The van der Waals surface area contributed by atoms with Crippen molar-refractivity contribution in [2.75, 3.05) is 19.6 Å². The molecule has 0 amide bonds. The lowest BCUT2D eigenvalue weighted by atomic mass is 9.82. The summed E-state index contributed by atoms with van der Waals surface area (Å²) >= 11 is 12.6. The number of likely N-dealkylation sites (tertiary alicyclic amines) is 1. The molecule has 4 rings (SSSR count). The van der Waals surface area contributed by atoms with Crippen molar-refractivity contribution in [1.82, 2.24) is 4.90 Å². The molecule has 2 fully saturated rings. The van der Waals surface area contributed by atoms with Gasteiger partial charge in [0.2, 0.25) is 0 Å². The van der Waals surface area contributed by atoms with Gasteiger partial charge in [-0.05, 0) is 78.3 Å². The zero-order valence-electron chi connectivity index (χ0n) is 19.0. The van der Waals surface area contributed by atoms with E-state index < -0.39 is 0 Å². The second kappa shape index (κ2) is 10.6. The maximum Gasteiger partial charge on any atom is 0.123 e. The van der Waals surface area contributed by atoms with Crippen LogP contribution in [0.2, 0.25) is 10.0 Å². The lowest BCUT2D eigenvalue weighted by Gasteiger charge is -2.39. The van der Waals surface area contributed by atoms with Crippen LogP contribution in [0, 0.1) is 5.82 Å². The fourth-order valence-corrected chi connectivity index (χ4v) is 5.33. The minimum atomic E-state index is -0.388. The number of nitrogens with zero attached hydrogens (tertiary/aromatic N) is 1. The van der Waals surface area contributed by atoms with E-state index in [1.807, 2.05) is 18.2 Å². The van der Waals surface area contributed by atoms with Crippen LogP contribution in [-0.2, 0) is 11.2 Å². The molecule has 1 spiro atoms. The van der Waals surface area contributed by atoms with Gasteiger partial charge in [0, 0.05) is 29.7 Å². The fraction of sp³-hybridized carbons (Fsp3) is 0.357. The van der Waals surface area contributed by atoms with Gasteiger partial charge in [0.15, 0.2) is 0 Å². The van der Waals surface area contributed by atoms with Crippen LogP contribution in [0.25, 0.3) is 0 Å². The van der Waals surface area contributed by atoms with E-state index in [2.05, 4.69) is 36.6 Å². The van der Waals surface area contributed by atoms with E-state index in [1.54, 1.807) is 18.2 Å². The topological polar surface area (TPSA) is 12.5 Å². The third kappa shape index (κ3) is 5.60. The summed E-state index contributed by atoms with van der Waals surface area (Å²) in [6.07, 6.45) is 9.63. The number of allylic oxidation sites excluding steroid dienone is 3. The minimum Gasteiger partial charge on any atom is -0.358 e. The predicted octanol–water partition coefficient (Wildman–Crippen LogP) is 7.73. The molecule has 0 N–H and O–H groups in total. The van der Waals surface area contributed by atoms with Gasteiger partial charge in [-0.2, -0.15) is 0 Å². The van der Waals surface area contributed by atoms with Crippen LogP contribution >= 0.6 is 23.2 Å². The largest absolute Gasteiger partial charge is 0.358 e. The van der Waals surface area contributed by atoms with Crippen molar-refractivity contribution in [3.05, 3.63) is 105 Å². The van der Waals surface area contributed by atoms with Crippen molar-refractivity contribution < 1.29 is 9.13 Å². The van der Waals surface area contributed by atoms with Crippen LogP contribution in [0.4, 0.5) is 4.39 Å². The summed E-state index contributed by atoms with van der Waals surface area (Å²) in [4.78, 5) is 2.43. The smallest absolute Gasteiger partial charge is 0.123 e. The Balaban J connectivity index is 1.50. The summed E-state index contributed by atoms with van der Waals surface area (Å²) in [6, 6.07) is 12.5. The Morgan fingerprint density at radius 3 is 2.55 bits per heavy atom. The maximum atomic E-state index is 13.5. The number of hydrogen-bond donors (Lipinski definition) is 0. The Morgan fingerprint density at radius 2 is 1.88 bits per heavy atom. The fourth-order valence-electron chi connectivity index (χ4n) is 4.79. The van der Waals surface area contributed by atoms with E-state index in [4.69, 9.17) is 27.9 Å². The molecule has 1 atom stereocenters. The first-order valence-electron chi connectivity index (χ1n) is 11.6. The summed E-state index contributed by atoms with van der Waals surface area (Å²) in [5.41, 5.74) is 3.74. The molecule has 2 aliphatic heterocycles. The first kappa shape index (κ1) is 24.2. The highest BCUT2D eigenvalue weighted by Gasteiger charge is 2.48. The van der Waals surface area contributed by atoms with Gasteiger partial charge in [0.25, 0.3) is 0 Å². The Hall–Kier alpha value is -1.91. The summed E-state index contributed by atoms with van der Waals surface area (Å²) < 4.78 is 20.3. The molecule has 2 nitrogen and oxygen atoms in total. The van der Waals surface area contributed by atoms with Crippen LogP contribution in [0.3, 0.4) is 0 Å². The molecule has 174 valence electrons. The second-order valence-corrected chi connectivity index (χ2v) is 9.73. The Labute approximate surface area is 206 Å². The van der Waals surface area contributed by atoms with Crippen molar-refractivity contribution in [3.63, 3.8) is 0 Å². The second-order valence-electron chi connectivity index (χ2n) is 8.85. The number of hydrogen-bond acceptors (Lipinski definition) is 2. The highest BCUT2D eigenvalue weighted by Crippen LogP contribution is 2.51. The average molecular weight is 486 g/mol. The average Bonchev–Trinajstić information content (AvgIpc) is 3.05. The van der Waals surface area contributed by atoms with Crippen LogP contribution in [0.5, 0.6) is 0 Å². The van der Waals surface area contributed by atoms with Crippen LogP contribution in [0.1, 0.15) is 43.4 Å². The SMILES string of the molecule is C=C1C(=CC=CCC)C(c2cc(Cl)cc(Cl)c2)OC12CCN(CCc1cccc(F)c1)CC2. The van der Waals surface area contributed by atoms with Gasteiger partial charge >= 0.3 is 0 Å². The zero-order chi connectivity index (χ0) is 23.4. The molecule has 0 bridgehead atoms. The summed E-state index contributed by atoms with van der Waals surface area (Å²) in [6.45, 7) is 9.33. The molecule has 2 aromatic carbocycles. The molecule has 33 heavy (non-hydrogen) atoms. The van der Waals surface area contributed by atoms with Gasteiger partial charge in [-0.15, -0.1) is 0 Å². The number of rotatable bonds is 6. The zero-order valence-corrected chi connectivity index (χ0v) is 20.5. The van der Waals surface area contributed by atoms with Gasteiger partial charge in [-0.3, -0.25) is 0 Å². The first-order chi connectivity index (χ1) is 15.9. The predicted molar refractivity (Wildman–Crippen MR) is 135 cm³/mol. The lowest BCUT2D eigenvalue weighted by molar-refractivity contribution is -0.0597. The van der Waals surface area contributed by atoms with Crippen molar-refractivity contribution in [2.24, 2.45) is 0 Å². The molecule has 0 saturated carbocycles. The van der Waals surface area contributed by atoms with E-state index in [0.717, 1.165) is 67.6 Å². The number of piperidine rings is 1. The first-order valence-corrected chi connectivity index (χ1v) is 12.3. The highest BCUT2D eigenvalue weighted by molar-refractivity contribution is 6.34. The van der Waals surface area contributed by atoms with E-state index in [-0.39, 0.29) is 17.5 Å². The van der Waals surface area contributed by atoms with Gasteiger partial charge < -0.3 is 9.64 Å². The van der Waals surface area contributed by atoms with Gasteiger partial charge in [0.05, 0.1) is 5.60 Å². The van der Waals surface area contributed by atoms with Crippen molar-refractivity contribution in [2.45, 2.75) is 44.3 Å². The Kier molecular flexibility index (Phi) is 7.76. The summed E-state index contributed by atoms with van der Waals surface area (Å²) in [7, 11) is 0. The Bertz CT molecular complexity index is 1050. The molecule has 5 heteroatoms. The van der Waals surface area contributed by atoms with Crippen LogP contribution < -0.4 is 0 Å². The van der Waals surface area contributed by atoms with Crippen molar-refractivity contribution >= 4 is 23.2 Å². The lowest BCUT2D eigenvalue weighted by Crippen LogP contribution is -2.45.